The van der Waals surface area contributed by atoms with Crippen molar-refractivity contribution in [2.45, 2.75) is 30.8 Å². The van der Waals surface area contributed by atoms with Crippen LogP contribution in [0.15, 0.2) is 0 Å². The van der Waals surface area contributed by atoms with E-state index in [1.807, 2.05) is 7.05 Å². The Morgan fingerprint density at radius 2 is 2.33 bits per heavy atom. The molecular formula is C9H18N2O. The zero-order chi connectivity index (χ0) is 8.60. The van der Waals surface area contributed by atoms with Crippen molar-refractivity contribution in [3.05, 3.63) is 0 Å². The summed E-state index contributed by atoms with van der Waals surface area (Å²) in [5.41, 5.74) is 0.00257. The van der Waals surface area contributed by atoms with Crippen molar-refractivity contribution in [1.82, 2.24) is 10.2 Å². The Labute approximate surface area is 73.8 Å². The molecule has 1 atom stereocenters. The number of nitrogens with one attached hydrogen (secondary N) is 1. The van der Waals surface area contributed by atoms with Gasteiger partial charge in [-0.15, -0.1) is 0 Å². The highest BCUT2D eigenvalue weighted by Gasteiger charge is 2.41. The van der Waals surface area contributed by atoms with Crippen LogP contribution in [-0.2, 0) is 0 Å². The van der Waals surface area contributed by atoms with E-state index in [9.17, 15) is 5.11 Å². The molecule has 2 fully saturated rings. The molecule has 1 unspecified atom stereocenters. The third kappa shape index (κ3) is 1.37. The number of aliphatic hydroxyl groups excluding tert-OH is 1. The van der Waals surface area contributed by atoms with E-state index in [4.69, 9.17) is 0 Å². The zero-order valence-electron chi connectivity index (χ0n) is 7.71. The third-order valence-corrected chi connectivity index (χ3v) is 3.28. The monoisotopic (exact) mass is 170 g/mol. The molecule has 3 nitrogen and oxygen atoms in total. The van der Waals surface area contributed by atoms with Crippen LogP contribution in [0.5, 0.6) is 0 Å². The van der Waals surface area contributed by atoms with E-state index in [2.05, 4.69) is 10.2 Å². The molecule has 0 radical (unpaired) electrons. The first-order valence-electron chi connectivity index (χ1n) is 4.83. The lowest BCUT2D eigenvalue weighted by Gasteiger charge is -2.26. The largest absolute Gasteiger partial charge is 0.394 e. The highest BCUT2D eigenvalue weighted by Crippen LogP contribution is 2.32. The average molecular weight is 170 g/mol. The summed E-state index contributed by atoms with van der Waals surface area (Å²) in [7, 11) is 1.95. The number of hydrogen-bond donors (Lipinski definition) is 2. The quantitative estimate of drug-likeness (QED) is 0.616. The summed E-state index contributed by atoms with van der Waals surface area (Å²) in [5, 5.41) is 12.5. The van der Waals surface area contributed by atoms with Gasteiger partial charge in [0.2, 0.25) is 0 Å². The Kier molecular flexibility index (Phi) is 2.10. The molecule has 2 N–H and O–H groups in total. The minimum absolute atomic E-state index is 0.00257. The van der Waals surface area contributed by atoms with E-state index in [1.165, 1.54) is 12.8 Å². The van der Waals surface area contributed by atoms with Gasteiger partial charge in [-0.25, -0.2) is 0 Å². The summed E-state index contributed by atoms with van der Waals surface area (Å²) in [6.45, 7) is 2.46. The maximum atomic E-state index is 9.25. The van der Waals surface area contributed by atoms with Crippen molar-refractivity contribution < 1.29 is 5.11 Å². The van der Waals surface area contributed by atoms with Crippen LogP contribution in [0.3, 0.4) is 0 Å². The highest BCUT2D eigenvalue weighted by atomic mass is 16.3. The predicted octanol–water partition coefficient (Wildman–Crippen LogP) is -0.195. The van der Waals surface area contributed by atoms with Gasteiger partial charge in [-0.1, -0.05) is 0 Å². The van der Waals surface area contributed by atoms with Crippen molar-refractivity contribution in [2.24, 2.45) is 0 Å². The molecule has 2 rings (SSSR count). The van der Waals surface area contributed by atoms with Gasteiger partial charge in [0.1, 0.15) is 0 Å². The summed E-state index contributed by atoms with van der Waals surface area (Å²) < 4.78 is 0. The molecular weight excluding hydrogens is 152 g/mol. The smallest absolute Gasteiger partial charge is 0.0626 e. The maximum Gasteiger partial charge on any atom is 0.0626 e. The molecule has 1 aliphatic carbocycles. The molecule has 0 aromatic carbocycles. The predicted molar refractivity (Wildman–Crippen MR) is 48.1 cm³/mol. The van der Waals surface area contributed by atoms with Gasteiger partial charge in [-0.05, 0) is 26.3 Å². The van der Waals surface area contributed by atoms with Gasteiger partial charge in [0.25, 0.3) is 0 Å². The molecule has 1 saturated heterocycles. The number of rotatable bonds is 3. The van der Waals surface area contributed by atoms with E-state index in [1.54, 1.807) is 0 Å². The maximum absolute atomic E-state index is 9.25. The van der Waals surface area contributed by atoms with Gasteiger partial charge < -0.3 is 10.4 Å². The van der Waals surface area contributed by atoms with Gasteiger partial charge in [0.05, 0.1) is 12.1 Å². The summed E-state index contributed by atoms with van der Waals surface area (Å²) >= 11 is 0. The van der Waals surface area contributed by atoms with Crippen molar-refractivity contribution in [2.75, 3.05) is 26.7 Å². The lowest BCUT2D eigenvalue weighted by molar-refractivity contribution is 0.166. The van der Waals surface area contributed by atoms with Crippen LogP contribution >= 0.6 is 0 Å². The van der Waals surface area contributed by atoms with Crippen molar-refractivity contribution >= 4 is 0 Å². The Hall–Kier alpha value is -0.120. The fraction of sp³-hybridized carbons (Fsp3) is 1.00. The van der Waals surface area contributed by atoms with Gasteiger partial charge in [-0.2, -0.15) is 0 Å². The topological polar surface area (TPSA) is 35.5 Å². The number of nitrogens with zero attached hydrogens (tertiary/aromatic N) is 1. The van der Waals surface area contributed by atoms with Crippen LogP contribution in [0.1, 0.15) is 19.3 Å². The highest BCUT2D eigenvalue weighted by molar-refractivity contribution is 5.00. The summed E-state index contributed by atoms with van der Waals surface area (Å²) in [6.07, 6.45) is 3.83. The minimum Gasteiger partial charge on any atom is -0.394 e. The Morgan fingerprint density at radius 1 is 1.58 bits per heavy atom. The van der Waals surface area contributed by atoms with Crippen LogP contribution in [-0.4, -0.2) is 48.3 Å². The standard InChI is InChI=1S/C9H18N2O/c1-10-9(7-12)4-5-11(6-9)8-2-3-8/h8,10,12H,2-7H2,1H3. The van der Waals surface area contributed by atoms with Crippen LogP contribution in [0.2, 0.25) is 0 Å². The van der Waals surface area contributed by atoms with Gasteiger partial charge in [0.15, 0.2) is 0 Å². The van der Waals surface area contributed by atoms with Crippen LogP contribution in [0.4, 0.5) is 0 Å². The molecule has 3 heteroatoms. The first-order chi connectivity index (χ1) is 5.79. The Bertz CT molecular complexity index is 164. The number of likely N-dealkylation sites (tertiary alicyclic amines) is 1. The normalized spacial score (nSPS) is 37.5. The lowest BCUT2D eigenvalue weighted by Crippen LogP contribution is -2.48. The summed E-state index contributed by atoms with van der Waals surface area (Å²) in [5.74, 6) is 0. The van der Waals surface area contributed by atoms with Gasteiger partial charge >= 0.3 is 0 Å². The van der Waals surface area contributed by atoms with Crippen LogP contribution in [0.25, 0.3) is 0 Å². The fourth-order valence-electron chi connectivity index (χ4n) is 2.07. The second kappa shape index (κ2) is 2.98. The summed E-state index contributed by atoms with van der Waals surface area (Å²) in [4.78, 5) is 2.51. The Morgan fingerprint density at radius 3 is 2.75 bits per heavy atom. The third-order valence-electron chi connectivity index (χ3n) is 3.28. The summed E-state index contributed by atoms with van der Waals surface area (Å²) in [6, 6.07) is 0.840. The molecule has 12 heavy (non-hydrogen) atoms. The number of likely N-dealkylation sites (N-methyl/N-ethyl adjacent to an activating group) is 1. The van der Waals surface area contributed by atoms with Crippen LogP contribution in [0, 0.1) is 0 Å². The average Bonchev–Trinajstić information content (AvgIpc) is 2.87. The van der Waals surface area contributed by atoms with E-state index in [0.29, 0.717) is 0 Å². The second-order valence-electron chi connectivity index (χ2n) is 4.14. The fourth-order valence-corrected chi connectivity index (χ4v) is 2.07. The molecule has 0 spiro atoms. The molecule has 1 heterocycles. The molecule has 0 bridgehead atoms. The van der Waals surface area contributed by atoms with E-state index >= 15 is 0 Å². The SMILES string of the molecule is CNC1(CO)CCN(C2CC2)C1. The second-order valence-corrected chi connectivity index (χ2v) is 4.14. The van der Waals surface area contributed by atoms with Gasteiger partial charge in [-0.3, -0.25) is 4.90 Å². The molecule has 0 amide bonds. The van der Waals surface area contributed by atoms with E-state index < -0.39 is 0 Å². The van der Waals surface area contributed by atoms with E-state index in [-0.39, 0.29) is 12.1 Å². The lowest BCUT2D eigenvalue weighted by atomic mass is 10.0. The van der Waals surface area contributed by atoms with Crippen molar-refractivity contribution in [1.29, 1.82) is 0 Å². The molecule has 2 aliphatic rings. The van der Waals surface area contributed by atoms with Gasteiger partial charge in [0, 0.05) is 19.1 Å². The molecule has 0 aromatic heterocycles. The molecule has 70 valence electrons. The van der Waals surface area contributed by atoms with Crippen molar-refractivity contribution in [3.63, 3.8) is 0 Å². The minimum atomic E-state index is 0.00257. The van der Waals surface area contributed by atoms with E-state index in [0.717, 1.165) is 25.6 Å². The molecule has 1 saturated carbocycles. The molecule has 0 aromatic rings. The number of hydrogen-bond acceptors (Lipinski definition) is 3. The Balaban J connectivity index is 1.93. The first kappa shape index (κ1) is 8.48. The number of aliphatic hydroxyl groups is 1. The molecule has 1 aliphatic heterocycles. The van der Waals surface area contributed by atoms with Crippen LogP contribution < -0.4 is 5.32 Å². The first-order valence-corrected chi connectivity index (χ1v) is 4.83. The zero-order valence-corrected chi connectivity index (χ0v) is 7.71. The van der Waals surface area contributed by atoms with Crippen molar-refractivity contribution in [3.8, 4) is 0 Å².